The van der Waals surface area contributed by atoms with Crippen molar-refractivity contribution in [3.05, 3.63) is 23.9 Å². The van der Waals surface area contributed by atoms with Gasteiger partial charge >= 0.3 is 0 Å². The van der Waals surface area contributed by atoms with Gasteiger partial charge in [0, 0.05) is 12.7 Å². The lowest BCUT2D eigenvalue weighted by molar-refractivity contribution is 0.0965. The molecule has 1 heterocycles. The number of rotatable bonds is 8. The van der Waals surface area contributed by atoms with Crippen LogP contribution in [0.1, 0.15) is 25.5 Å². The summed E-state index contributed by atoms with van der Waals surface area (Å²) < 4.78 is 10.8. The largest absolute Gasteiger partial charge is 0.475 e. The Morgan fingerprint density at radius 3 is 2.88 bits per heavy atom. The van der Waals surface area contributed by atoms with Gasteiger partial charge in [-0.3, -0.25) is 0 Å². The summed E-state index contributed by atoms with van der Waals surface area (Å²) in [4.78, 5) is 4.44. The maximum absolute atomic E-state index is 5.48. The molecule has 0 spiro atoms. The van der Waals surface area contributed by atoms with Gasteiger partial charge in [0.1, 0.15) is 17.3 Å². The van der Waals surface area contributed by atoms with E-state index in [-0.39, 0.29) is 4.99 Å². The maximum atomic E-state index is 5.48. The Balaban J connectivity index is 2.27. The molecule has 0 aromatic carbocycles. The van der Waals surface area contributed by atoms with Crippen molar-refractivity contribution in [2.24, 2.45) is 5.73 Å². The minimum atomic E-state index is 0.273. The zero-order valence-corrected chi connectivity index (χ0v) is 10.8. The second-order valence-electron chi connectivity index (χ2n) is 3.54. The Hall–Kier alpha value is -1.20. The van der Waals surface area contributed by atoms with Crippen LogP contribution < -0.4 is 10.5 Å². The summed E-state index contributed by atoms with van der Waals surface area (Å²) in [6, 6.07) is 5.34. The second-order valence-corrected chi connectivity index (χ2v) is 3.98. The van der Waals surface area contributed by atoms with Crippen molar-refractivity contribution < 1.29 is 9.47 Å². The lowest BCUT2D eigenvalue weighted by atomic mass is 10.3. The van der Waals surface area contributed by atoms with E-state index in [1.54, 1.807) is 12.1 Å². The molecule has 4 nitrogen and oxygen atoms in total. The molecular weight excluding hydrogens is 236 g/mol. The van der Waals surface area contributed by atoms with Crippen molar-refractivity contribution >= 4 is 17.2 Å². The Morgan fingerprint density at radius 1 is 1.35 bits per heavy atom. The molecule has 0 atom stereocenters. The van der Waals surface area contributed by atoms with Crippen LogP contribution in [0.2, 0.25) is 0 Å². The molecule has 1 aromatic heterocycles. The van der Waals surface area contributed by atoms with E-state index in [1.807, 2.05) is 6.07 Å². The number of ether oxygens (including phenoxy) is 2. The Bertz CT molecular complexity index is 358. The highest BCUT2D eigenvalue weighted by Crippen LogP contribution is 2.07. The SMILES string of the molecule is CCCCOCCOc1cccc(C(N)=S)n1. The van der Waals surface area contributed by atoms with Crippen LogP contribution in [0.25, 0.3) is 0 Å². The van der Waals surface area contributed by atoms with E-state index in [4.69, 9.17) is 27.4 Å². The van der Waals surface area contributed by atoms with E-state index in [0.717, 1.165) is 19.4 Å². The number of nitrogens with two attached hydrogens (primary N) is 1. The van der Waals surface area contributed by atoms with E-state index in [2.05, 4.69) is 11.9 Å². The first kappa shape index (κ1) is 13.9. The standard InChI is InChI=1S/C12H18N2O2S/c1-2-3-7-15-8-9-16-11-6-4-5-10(14-11)12(13)17/h4-6H,2-3,7-9H2,1H3,(H2,13,17). The lowest BCUT2D eigenvalue weighted by Gasteiger charge is -2.07. The molecule has 0 saturated heterocycles. The number of nitrogens with zero attached hydrogens (tertiary/aromatic N) is 1. The molecule has 0 bridgehead atoms. The lowest BCUT2D eigenvalue weighted by Crippen LogP contribution is -2.13. The van der Waals surface area contributed by atoms with Crippen LogP contribution in [0.15, 0.2) is 18.2 Å². The fourth-order valence-corrected chi connectivity index (χ4v) is 1.30. The maximum Gasteiger partial charge on any atom is 0.213 e. The van der Waals surface area contributed by atoms with E-state index < -0.39 is 0 Å². The molecule has 2 N–H and O–H groups in total. The normalized spacial score (nSPS) is 10.2. The van der Waals surface area contributed by atoms with Gasteiger partial charge in [0.2, 0.25) is 5.88 Å². The van der Waals surface area contributed by atoms with Crippen LogP contribution in [0.3, 0.4) is 0 Å². The first-order valence-corrected chi connectivity index (χ1v) is 6.12. The van der Waals surface area contributed by atoms with Crippen molar-refractivity contribution in [2.45, 2.75) is 19.8 Å². The number of hydrogen-bond donors (Lipinski definition) is 1. The highest BCUT2D eigenvalue weighted by molar-refractivity contribution is 7.80. The average Bonchev–Trinajstić information content (AvgIpc) is 2.34. The summed E-state index contributed by atoms with van der Waals surface area (Å²) >= 11 is 4.84. The fourth-order valence-electron chi connectivity index (χ4n) is 1.19. The van der Waals surface area contributed by atoms with Gasteiger partial charge in [-0.25, -0.2) is 4.98 Å². The van der Waals surface area contributed by atoms with Crippen LogP contribution in [0, 0.1) is 0 Å². The quantitative estimate of drug-likeness (QED) is 0.567. The first-order valence-electron chi connectivity index (χ1n) is 5.71. The van der Waals surface area contributed by atoms with Crippen molar-refractivity contribution in [2.75, 3.05) is 19.8 Å². The molecule has 1 rings (SSSR count). The third-order valence-corrected chi connectivity index (χ3v) is 2.30. The van der Waals surface area contributed by atoms with E-state index in [0.29, 0.717) is 24.8 Å². The third-order valence-electron chi connectivity index (χ3n) is 2.10. The molecular formula is C12H18N2O2S. The summed E-state index contributed by atoms with van der Waals surface area (Å²) in [5.41, 5.74) is 6.05. The van der Waals surface area contributed by atoms with E-state index in [9.17, 15) is 0 Å². The summed E-state index contributed by atoms with van der Waals surface area (Å²) in [5, 5.41) is 0. The van der Waals surface area contributed by atoms with Crippen molar-refractivity contribution in [3.63, 3.8) is 0 Å². The molecule has 0 aliphatic carbocycles. The van der Waals surface area contributed by atoms with Crippen LogP contribution in [0.4, 0.5) is 0 Å². The summed E-state index contributed by atoms with van der Waals surface area (Å²) in [6.45, 7) is 3.96. The predicted molar refractivity (Wildman–Crippen MR) is 71.3 cm³/mol. The fraction of sp³-hybridized carbons (Fsp3) is 0.500. The van der Waals surface area contributed by atoms with Gasteiger partial charge < -0.3 is 15.2 Å². The van der Waals surface area contributed by atoms with Gasteiger partial charge in [-0.05, 0) is 12.5 Å². The van der Waals surface area contributed by atoms with Gasteiger partial charge in [-0.2, -0.15) is 0 Å². The molecule has 0 saturated carbocycles. The van der Waals surface area contributed by atoms with Crippen molar-refractivity contribution in [1.29, 1.82) is 0 Å². The van der Waals surface area contributed by atoms with Gasteiger partial charge in [-0.15, -0.1) is 0 Å². The predicted octanol–water partition coefficient (Wildman–Crippen LogP) is 1.91. The third kappa shape index (κ3) is 5.60. The van der Waals surface area contributed by atoms with Gasteiger partial charge in [-0.1, -0.05) is 31.6 Å². The number of thiocarbonyl (C=S) groups is 1. The van der Waals surface area contributed by atoms with Gasteiger partial charge in [0.25, 0.3) is 0 Å². The van der Waals surface area contributed by atoms with Gasteiger partial charge in [0.15, 0.2) is 0 Å². The second kappa shape index (κ2) is 7.97. The zero-order valence-electron chi connectivity index (χ0n) is 10.0. The Kier molecular flexibility index (Phi) is 6.50. The number of unbranched alkanes of at least 4 members (excludes halogenated alkanes) is 1. The summed E-state index contributed by atoms with van der Waals surface area (Å²) in [7, 11) is 0. The molecule has 5 heteroatoms. The minimum Gasteiger partial charge on any atom is -0.475 e. The number of hydrogen-bond acceptors (Lipinski definition) is 4. The Morgan fingerprint density at radius 2 is 2.18 bits per heavy atom. The Labute approximate surface area is 107 Å². The molecule has 0 aliphatic heterocycles. The topological polar surface area (TPSA) is 57.4 Å². The molecule has 94 valence electrons. The summed E-state index contributed by atoms with van der Waals surface area (Å²) in [6.07, 6.45) is 2.22. The first-order chi connectivity index (χ1) is 8.24. The minimum absolute atomic E-state index is 0.273. The smallest absolute Gasteiger partial charge is 0.213 e. The van der Waals surface area contributed by atoms with Crippen LogP contribution in [0.5, 0.6) is 5.88 Å². The molecule has 1 aromatic rings. The zero-order chi connectivity index (χ0) is 12.5. The monoisotopic (exact) mass is 254 g/mol. The van der Waals surface area contributed by atoms with E-state index >= 15 is 0 Å². The molecule has 0 aliphatic rings. The van der Waals surface area contributed by atoms with E-state index in [1.165, 1.54) is 0 Å². The molecule has 0 amide bonds. The highest BCUT2D eigenvalue weighted by atomic mass is 32.1. The molecule has 0 unspecified atom stereocenters. The van der Waals surface area contributed by atoms with Crippen LogP contribution in [-0.4, -0.2) is 29.8 Å². The van der Waals surface area contributed by atoms with Crippen LogP contribution in [-0.2, 0) is 4.74 Å². The van der Waals surface area contributed by atoms with Crippen molar-refractivity contribution in [3.8, 4) is 5.88 Å². The molecule has 0 fully saturated rings. The number of pyridine rings is 1. The van der Waals surface area contributed by atoms with Gasteiger partial charge in [0.05, 0.1) is 6.61 Å². The summed E-state index contributed by atoms with van der Waals surface area (Å²) in [5.74, 6) is 0.523. The highest BCUT2D eigenvalue weighted by Gasteiger charge is 2.00. The average molecular weight is 254 g/mol. The number of aromatic nitrogens is 1. The molecule has 0 radical (unpaired) electrons. The van der Waals surface area contributed by atoms with Crippen molar-refractivity contribution in [1.82, 2.24) is 4.98 Å². The van der Waals surface area contributed by atoms with Crippen LogP contribution >= 0.6 is 12.2 Å². The molecule has 17 heavy (non-hydrogen) atoms.